The Hall–Kier alpha value is -5.22. The van der Waals surface area contributed by atoms with E-state index in [1.807, 2.05) is 12.1 Å². The van der Waals surface area contributed by atoms with E-state index in [-0.39, 0.29) is 0 Å². The lowest BCUT2D eigenvalue weighted by atomic mass is 10.1. The molecule has 7 aromatic rings. The molecule has 178 valence electrons. The van der Waals surface area contributed by atoms with E-state index in [1.54, 1.807) is 0 Å². The number of anilines is 3. The number of hydrogen-bond donors (Lipinski definition) is 0. The summed E-state index contributed by atoms with van der Waals surface area (Å²) in [5.41, 5.74) is 9.52. The minimum absolute atomic E-state index is 0.654. The van der Waals surface area contributed by atoms with Crippen LogP contribution in [0.25, 0.3) is 50.0 Å². The molecule has 5 aromatic carbocycles. The number of hydrogen-bond acceptors (Lipinski definition) is 3. The van der Waals surface area contributed by atoms with Crippen LogP contribution in [-0.4, -0.2) is 14.5 Å². The van der Waals surface area contributed by atoms with Crippen LogP contribution in [0.5, 0.6) is 0 Å². The Labute approximate surface area is 220 Å². The molecule has 0 saturated carbocycles. The molecule has 8 rings (SSSR count). The summed E-state index contributed by atoms with van der Waals surface area (Å²) >= 11 is 0. The lowest BCUT2D eigenvalue weighted by Gasteiger charge is -2.31. The highest BCUT2D eigenvalue weighted by atomic mass is 15.3. The van der Waals surface area contributed by atoms with Gasteiger partial charge in [0.2, 0.25) is 5.95 Å². The maximum atomic E-state index is 5.17. The van der Waals surface area contributed by atoms with Crippen LogP contribution in [0.1, 0.15) is 0 Å². The first-order valence-corrected chi connectivity index (χ1v) is 12.8. The minimum atomic E-state index is 0.654. The molecule has 0 unspecified atom stereocenters. The van der Waals surface area contributed by atoms with Crippen LogP contribution in [-0.2, 0) is 0 Å². The number of nitrogens with zero attached hydrogens (tertiary/aromatic N) is 4. The predicted octanol–water partition coefficient (Wildman–Crippen LogP) is 8.69. The number of rotatable bonds is 3. The van der Waals surface area contributed by atoms with Gasteiger partial charge in [-0.2, -0.15) is 0 Å². The maximum absolute atomic E-state index is 5.17. The van der Waals surface area contributed by atoms with E-state index in [0.717, 1.165) is 39.6 Å². The monoisotopic (exact) mass is 486 g/mol. The van der Waals surface area contributed by atoms with Gasteiger partial charge in [-0.25, -0.2) is 9.97 Å². The first kappa shape index (κ1) is 20.9. The Kier molecular flexibility index (Phi) is 4.49. The molecule has 0 fully saturated rings. The van der Waals surface area contributed by atoms with Crippen molar-refractivity contribution in [3.63, 3.8) is 0 Å². The van der Waals surface area contributed by atoms with E-state index in [0.29, 0.717) is 5.95 Å². The average molecular weight is 487 g/mol. The highest BCUT2D eigenvalue weighted by Gasteiger charge is 2.30. The van der Waals surface area contributed by atoms with E-state index < -0.39 is 0 Å². The first-order valence-electron chi connectivity index (χ1n) is 12.8. The maximum Gasteiger partial charge on any atom is 0.235 e. The molecule has 0 spiro atoms. The van der Waals surface area contributed by atoms with E-state index in [4.69, 9.17) is 9.97 Å². The summed E-state index contributed by atoms with van der Waals surface area (Å²) in [5, 5.41) is 2.46. The van der Waals surface area contributed by atoms with Crippen LogP contribution in [0.4, 0.5) is 17.3 Å². The molecule has 4 heteroatoms. The molecule has 0 saturated heterocycles. The molecule has 0 bridgehead atoms. The lowest BCUT2D eigenvalue weighted by Crippen LogP contribution is -2.20. The predicted molar refractivity (Wildman–Crippen MR) is 155 cm³/mol. The van der Waals surface area contributed by atoms with E-state index in [2.05, 4.69) is 131 Å². The fourth-order valence-corrected chi connectivity index (χ4v) is 5.67. The van der Waals surface area contributed by atoms with Gasteiger partial charge in [0.1, 0.15) is 0 Å². The normalized spacial score (nSPS) is 12.2. The molecule has 1 aliphatic heterocycles. The van der Waals surface area contributed by atoms with Gasteiger partial charge in [0.25, 0.3) is 0 Å². The third kappa shape index (κ3) is 3.04. The second-order valence-electron chi connectivity index (χ2n) is 9.52. The molecule has 0 N–H and O–H groups in total. The van der Waals surface area contributed by atoms with Gasteiger partial charge in [-0.3, -0.25) is 4.90 Å². The zero-order valence-electron chi connectivity index (χ0n) is 20.5. The molecule has 38 heavy (non-hydrogen) atoms. The Balaban J connectivity index is 1.46. The van der Waals surface area contributed by atoms with Crippen molar-refractivity contribution in [2.75, 3.05) is 4.90 Å². The minimum Gasteiger partial charge on any atom is -0.305 e. The molecule has 0 amide bonds. The van der Waals surface area contributed by atoms with E-state index in [1.165, 1.54) is 21.8 Å². The van der Waals surface area contributed by atoms with Crippen molar-refractivity contribution in [2.45, 2.75) is 0 Å². The summed E-state index contributed by atoms with van der Waals surface area (Å²) in [7, 11) is 0. The van der Waals surface area contributed by atoms with Gasteiger partial charge in [0.05, 0.1) is 39.5 Å². The fraction of sp³-hybridized carbons (Fsp3) is 0. The fourth-order valence-electron chi connectivity index (χ4n) is 5.67. The van der Waals surface area contributed by atoms with Crippen LogP contribution < -0.4 is 4.90 Å². The summed E-state index contributed by atoms with van der Waals surface area (Å²) < 4.78 is 2.38. The van der Waals surface area contributed by atoms with Gasteiger partial charge < -0.3 is 4.57 Å². The SMILES string of the molecule is c1ccc(-c2cc(-c3ccccc3)nc(N3c4ccccc4-n4c5ccccc5c5cccc3c54)n2)cc1. The second-order valence-corrected chi connectivity index (χ2v) is 9.52. The third-order valence-corrected chi connectivity index (χ3v) is 7.33. The quantitative estimate of drug-likeness (QED) is 0.250. The van der Waals surface area contributed by atoms with Crippen molar-refractivity contribution < 1.29 is 0 Å². The third-order valence-electron chi connectivity index (χ3n) is 7.33. The molecule has 0 aliphatic carbocycles. The standard InChI is InChI=1S/C34H22N4/c1-3-12-23(13-4-1)27-22-28(24-14-5-2-6-15-24)36-34(35-27)38-31-20-10-9-19-30(31)37-29-18-8-7-16-25(29)26-17-11-21-32(38)33(26)37/h1-22H. The molecule has 0 atom stereocenters. The highest BCUT2D eigenvalue weighted by molar-refractivity contribution is 6.16. The summed E-state index contributed by atoms with van der Waals surface area (Å²) in [4.78, 5) is 12.6. The summed E-state index contributed by atoms with van der Waals surface area (Å²) in [5.74, 6) is 0.654. The second kappa shape index (κ2) is 8.15. The number of para-hydroxylation sites is 4. The van der Waals surface area contributed by atoms with Gasteiger partial charge in [-0.15, -0.1) is 0 Å². The molecule has 0 radical (unpaired) electrons. The van der Waals surface area contributed by atoms with Crippen molar-refractivity contribution in [1.29, 1.82) is 0 Å². The van der Waals surface area contributed by atoms with Crippen LogP contribution in [0.2, 0.25) is 0 Å². The summed E-state index contributed by atoms with van der Waals surface area (Å²) in [6.45, 7) is 0. The van der Waals surface area contributed by atoms with Crippen molar-refractivity contribution in [1.82, 2.24) is 14.5 Å². The van der Waals surface area contributed by atoms with Crippen molar-refractivity contribution in [3.05, 3.63) is 133 Å². The van der Waals surface area contributed by atoms with Gasteiger partial charge >= 0.3 is 0 Å². The van der Waals surface area contributed by atoms with Crippen LogP contribution >= 0.6 is 0 Å². The lowest BCUT2D eigenvalue weighted by molar-refractivity contribution is 1.04. The molecule has 4 nitrogen and oxygen atoms in total. The average Bonchev–Trinajstić information content (AvgIpc) is 3.34. The van der Waals surface area contributed by atoms with Crippen molar-refractivity contribution >= 4 is 39.1 Å². The Morgan fingerprint density at radius 2 is 1.00 bits per heavy atom. The topological polar surface area (TPSA) is 34.0 Å². The first-order chi connectivity index (χ1) is 18.9. The van der Waals surface area contributed by atoms with Crippen LogP contribution in [0.15, 0.2) is 133 Å². The summed E-state index contributed by atoms with van der Waals surface area (Å²) in [6.07, 6.45) is 0. The highest BCUT2D eigenvalue weighted by Crippen LogP contribution is 2.49. The van der Waals surface area contributed by atoms with Crippen molar-refractivity contribution in [2.24, 2.45) is 0 Å². The van der Waals surface area contributed by atoms with Crippen LogP contribution in [0.3, 0.4) is 0 Å². The van der Waals surface area contributed by atoms with Crippen molar-refractivity contribution in [3.8, 4) is 28.2 Å². The van der Waals surface area contributed by atoms with Gasteiger partial charge in [0, 0.05) is 21.9 Å². The smallest absolute Gasteiger partial charge is 0.235 e. The van der Waals surface area contributed by atoms with E-state index >= 15 is 0 Å². The number of aromatic nitrogens is 3. The van der Waals surface area contributed by atoms with Gasteiger partial charge in [-0.1, -0.05) is 103 Å². The Morgan fingerprint density at radius 3 is 1.71 bits per heavy atom. The Bertz CT molecular complexity index is 1920. The number of benzene rings is 5. The molecule has 2 aromatic heterocycles. The largest absolute Gasteiger partial charge is 0.305 e. The zero-order chi connectivity index (χ0) is 25.1. The van der Waals surface area contributed by atoms with Gasteiger partial charge in [-0.05, 0) is 30.3 Å². The molecular formula is C34H22N4. The van der Waals surface area contributed by atoms with Crippen LogP contribution in [0, 0.1) is 0 Å². The molecular weight excluding hydrogens is 464 g/mol. The summed E-state index contributed by atoms with van der Waals surface area (Å²) in [6, 6.07) is 46.4. The molecule has 1 aliphatic rings. The molecule has 3 heterocycles. The van der Waals surface area contributed by atoms with E-state index in [9.17, 15) is 0 Å². The Morgan fingerprint density at radius 1 is 0.447 bits per heavy atom. The number of fused-ring (bicyclic) bond motifs is 5. The van der Waals surface area contributed by atoms with Gasteiger partial charge in [0.15, 0.2) is 0 Å². The zero-order valence-corrected chi connectivity index (χ0v) is 20.5.